The normalized spacial score (nSPS) is 13.9. The zero-order chi connectivity index (χ0) is 70.3. The minimum absolute atomic E-state index is 0.0297. The summed E-state index contributed by atoms with van der Waals surface area (Å²) < 4.78 is 19.2. The van der Waals surface area contributed by atoms with Crippen molar-refractivity contribution in [2.75, 3.05) is 13.2 Å². The van der Waals surface area contributed by atoms with Gasteiger partial charge in [0.25, 0.3) is 0 Å². The number of nitrogens with zero attached hydrogens (tertiary/aromatic N) is 2. The second-order valence-corrected chi connectivity index (χ2v) is 36.9. The van der Waals surface area contributed by atoms with Crippen molar-refractivity contribution in [3.8, 4) is 56.6 Å². The van der Waals surface area contributed by atoms with Gasteiger partial charge < -0.3 is 28.8 Å². The Kier molecular flexibility index (Phi) is 17.6. The third-order valence-electron chi connectivity index (χ3n) is 21.2. The van der Waals surface area contributed by atoms with Gasteiger partial charge in [-0.1, -0.05) is 201 Å². The van der Waals surface area contributed by atoms with Gasteiger partial charge in [-0.05, 0) is 231 Å². The van der Waals surface area contributed by atoms with Gasteiger partial charge in [0, 0.05) is 50.2 Å². The predicted octanol–water partition coefficient (Wildman–Crippen LogP) is 24.8. The zero-order valence-corrected chi connectivity index (χ0v) is 63.7. The SMILES string of the molecule is Cc1cc(-c2cc(C(C)(C)CC(C)(C)C)cc(-n3c4cc(C(C)(C)C)ccc4c4ccc(C(C)(C)C)cc43)c2O)c(OCCCOc2c(-c3cc(C(C)(C)CC(C)(C)C)cc(-n4c5cc(C(C)(C)C)ccc5c5ccc(C(C)(C)C)cc54)c3O)cc(C)c3c2CCC3)c(C)c1C. The van der Waals surface area contributed by atoms with Crippen molar-refractivity contribution in [2.24, 2.45) is 10.8 Å². The fourth-order valence-electron chi connectivity index (χ4n) is 16.2. The number of hydrogen-bond acceptors (Lipinski definition) is 4. The molecular weight excluding hydrogens is 1170 g/mol. The van der Waals surface area contributed by atoms with E-state index >= 15 is 0 Å². The molecule has 6 nitrogen and oxygen atoms in total. The number of phenols is 2. The molecule has 96 heavy (non-hydrogen) atoms. The Hall–Kier alpha value is -7.44. The summed E-state index contributed by atoms with van der Waals surface area (Å²) in [7, 11) is 0. The summed E-state index contributed by atoms with van der Waals surface area (Å²) in [5.41, 5.74) is 22.8. The van der Waals surface area contributed by atoms with E-state index in [1.807, 2.05) is 0 Å². The van der Waals surface area contributed by atoms with Gasteiger partial charge >= 0.3 is 0 Å². The lowest BCUT2D eigenvalue weighted by Gasteiger charge is -2.34. The highest BCUT2D eigenvalue weighted by Gasteiger charge is 2.35. The van der Waals surface area contributed by atoms with E-state index in [1.54, 1.807) is 0 Å². The summed E-state index contributed by atoms with van der Waals surface area (Å²) in [6.07, 6.45) is 5.42. The lowest BCUT2D eigenvalue weighted by molar-refractivity contribution is 0.246. The summed E-state index contributed by atoms with van der Waals surface area (Å²) in [6, 6.07) is 41.4. The van der Waals surface area contributed by atoms with E-state index in [1.165, 1.54) is 55.3 Å². The second kappa shape index (κ2) is 24.2. The third-order valence-corrected chi connectivity index (χ3v) is 21.2. The molecule has 11 rings (SSSR count). The summed E-state index contributed by atoms with van der Waals surface area (Å²) in [5, 5.41) is 31.7. The topological polar surface area (TPSA) is 68.8 Å². The lowest BCUT2D eigenvalue weighted by Crippen LogP contribution is -2.25. The maximum Gasteiger partial charge on any atom is 0.147 e. The fourth-order valence-corrected chi connectivity index (χ4v) is 16.2. The molecule has 0 amide bonds. The van der Waals surface area contributed by atoms with Gasteiger partial charge in [0.05, 0.1) is 46.7 Å². The number of phenolic OH excluding ortho intramolecular Hbond substituents is 2. The number of aromatic hydroxyl groups is 2. The molecule has 10 aromatic rings. The number of rotatable bonds is 14. The van der Waals surface area contributed by atoms with Crippen molar-refractivity contribution in [2.45, 2.75) is 251 Å². The van der Waals surface area contributed by atoms with Crippen LogP contribution in [-0.2, 0) is 45.3 Å². The van der Waals surface area contributed by atoms with Crippen molar-refractivity contribution < 1.29 is 19.7 Å². The molecule has 0 atom stereocenters. The number of aryl methyl sites for hydroxylation is 2. The first-order valence-corrected chi connectivity index (χ1v) is 35.8. The Morgan fingerprint density at radius 3 is 1.04 bits per heavy atom. The molecule has 2 N–H and O–H groups in total. The molecule has 6 heteroatoms. The van der Waals surface area contributed by atoms with Crippen molar-refractivity contribution in [3.05, 3.63) is 176 Å². The van der Waals surface area contributed by atoms with Crippen LogP contribution >= 0.6 is 0 Å². The average molecular weight is 1290 g/mol. The van der Waals surface area contributed by atoms with Crippen molar-refractivity contribution in [3.63, 3.8) is 0 Å². The Labute approximate surface area is 576 Å². The largest absolute Gasteiger partial charge is 0.505 e. The van der Waals surface area contributed by atoms with Crippen LogP contribution in [0.1, 0.15) is 245 Å². The van der Waals surface area contributed by atoms with Gasteiger partial charge in [-0.2, -0.15) is 0 Å². The summed E-state index contributed by atoms with van der Waals surface area (Å²) in [6.45, 7) is 60.3. The van der Waals surface area contributed by atoms with Crippen molar-refractivity contribution in [1.29, 1.82) is 0 Å². The van der Waals surface area contributed by atoms with Crippen molar-refractivity contribution in [1.82, 2.24) is 9.13 Å². The van der Waals surface area contributed by atoms with Gasteiger partial charge in [-0.3, -0.25) is 0 Å². The zero-order valence-electron chi connectivity index (χ0n) is 63.7. The molecular formula is C90H114N2O4. The number of aromatic nitrogens is 2. The van der Waals surface area contributed by atoms with Crippen LogP contribution in [0.4, 0.5) is 0 Å². The summed E-state index contributed by atoms with van der Waals surface area (Å²) >= 11 is 0. The molecule has 0 spiro atoms. The smallest absolute Gasteiger partial charge is 0.147 e. The predicted molar refractivity (Wildman–Crippen MR) is 411 cm³/mol. The monoisotopic (exact) mass is 1290 g/mol. The number of hydrogen-bond donors (Lipinski definition) is 2. The number of ether oxygens (including phenoxy) is 2. The first-order valence-electron chi connectivity index (χ1n) is 35.8. The van der Waals surface area contributed by atoms with Crippen LogP contribution in [0.3, 0.4) is 0 Å². The summed E-state index contributed by atoms with van der Waals surface area (Å²) in [5.74, 6) is 2.10. The molecule has 508 valence electrons. The van der Waals surface area contributed by atoms with Crippen LogP contribution < -0.4 is 9.47 Å². The molecule has 0 unspecified atom stereocenters. The van der Waals surface area contributed by atoms with E-state index in [2.05, 4.69) is 298 Å². The molecule has 0 saturated heterocycles. The van der Waals surface area contributed by atoms with Crippen LogP contribution in [0, 0.1) is 38.5 Å². The number of fused-ring (bicyclic) bond motifs is 7. The molecule has 2 heterocycles. The molecule has 0 fully saturated rings. The maximum atomic E-state index is 13.6. The molecule has 0 radical (unpaired) electrons. The summed E-state index contributed by atoms with van der Waals surface area (Å²) in [4.78, 5) is 0. The van der Waals surface area contributed by atoms with E-state index in [4.69, 9.17) is 9.47 Å². The quantitative estimate of drug-likeness (QED) is 0.106. The second-order valence-electron chi connectivity index (χ2n) is 36.9. The average Bonchev–Trinajstić information content (AvgIpc) is 1.50. The van der Waals surface area contributed by atoms with E-state index in [0.29, 0.717) is 19.6 Å². The highest BCUT2D eigenvalue weighted by Crippen LogP contribution is 2.53. The fraction of sp³-hybridized carbons (Fsp3) is 0.467. The molecule has 8 aromatic carbocycles. The van der Waals surface area contributed by atoms with Crippen LogP contribution in [0.2, 0.25) is 0 Å². The Balaban J connectivity index is 1.03. The first-order chi connectivity index (χ1) is 44.3. The molecule has 1 aliphatic carbocycles. The lowest BCUT2D eigenvalue weighted by atomic mass is 9.71. The van der Waals surface area contributed by atoms with Gasteiger partial charge in [0.2, 0.25) is 0 Å². The van der Waals surface area contributed by atoms with Crippen LogP contribution in [0.25, 0.3) is 77.2 Å². The molecule has 0 aliphatic heterocycles. The highest BCUT2D eigenvalue weighted by molar-refractivity contribution is 6.11. The van der Waals surface area contributed by atoms with E-state index in [-0.39, 0.29) is 54.8 Å². The van der Waals surface area contributed by atoms with E-state index in [9.17, 15) is 10.2 Å². The maximum absolute atomic E-state index is 13.6. The van der Waals surface area contributed by atoms with Crippen LogP contribution in [0.15, 0.2) is 109 Å². The minimum atomic E-state index is -0.275. The first kappa shape index (κ1) is 69.9. The van der Waals surface area contributed by atoms with Gasteiger partial charge in [0.15, 0.2) is 0 Å². The van der Waals surface area contributed by atoms with Crippen LogP contribution in [-0.4, -0.2) is 32.6 Å². The van der Waals surface area contributed by atoms with Gasteiger partial charge in [-0.25, -0.2) is 0 Å². The minimum Gasteiger partial charge on any atom is -0.505 e. The Morgan fingerprint density at radius 1 is 0.354 bits per heavy atom. The highest BCUT2D eigenvalue weighted by atomic mass is 16.5. The van der Waals surface area contributed by atoms with Gasteiger partial charge in [0.1, 0.15) is 23.0 Å². The van der Waals surface area contributed by atoms with E-state index in [0.717, 1.165) is 132 Å². The van der Waals surface area contributed by atoms with Crippen LogP contribution in [0.5, 0.6) is 23.0 Å². The Bertz CT molecular complexity index is 4560. The van der Waals surface area contributed by atoms with E-state index < -0.39 is 0 Å². The third kappa shape index (κ3) is 13.3. The standard InChI is InChI=1S/C90H114N2O4/c1-53-41-71(69-43-61(89(23,24)51-83(5,6)7)49-77(79(69)93)91-73-45-57(85(11,12)13)31-35-64(73)65-36-32-58(46-74(65)91)86(14,15)16)81(56(4)55(53)3)95-39-28-40-96-82-68-30-27-29-63(68)54(2)42-72(82)70-44-62(90(25,26)52-84(8,9)10)50-78(80(70)94)92-75-47-59(87(17,18)19)33-37-66(75)67-38-34-60(48-76(67)92)88(20,21)22/h31-38,41-50,93-94H,27-30,39-40,51-52H2,1-26H3. The molecule has 2 aromatic heterocycles. The molecule has 1 aliphatic rings. The molecule has 0 bridgehead atoms. The van der Waals surface area contributed by atoms with Crippen molar-refractivity contribution >= 4 is 43.6 Å². The molecule has 0 saturated carbocycles. The number of benzene rings is 8. The van der Waals surface area contributed by atoms with Gasteiger partial charge in [-0.15, -0.1) is 0 Å². The Morgan fingerprint density at radius 2 is 0.688 bits per heavy atom.